The summed E-state index contributed by atoms with van der Waals surface area (Å²) in [6, 6.07) is 7.01. The Hall–Kier alpha value is -2.15. The zero-order chi connectivity index (χ0) is 28.0. The molecule has 1 aromatic carbocycles. The van der Waals surface area contributed by atoms with Crippen molar-refractivity contribution in [1.29, 1.82) is 0 Å². The van der Waals surface area contributed by atoms with Crippen molar-refractivity contribution in [2.24, 2.45) is 17.8 Å². The molecule has 0 radical (unpaired) electrons. The second-order valence-electron chi connectivity index (χ2n) is 10.4. The van der Waals surface area contributed by atoms with E-state index in [1.807, 2.05) is 46.2 Å². The van der Waals surface area contributed by atoms with E-state index in [1.165, 1.54) is 30.4 Å². The number of rotatable bonds is 4. The fourth-order valence-electron chi connectivity index (χ4n) is 6.81. The number of fused-ring (bicyclic) bond motifs is 4. The highest BCUT2D eigenvalue weighted by atomic mass is 127. The Bertz CT molecular complexity index is 1480. The number of amides is 4. The van der Waals surface area contributed by atoms with Gasteiger partial charge in [0.2, 0.25) is 11.8 Å². The summed E-state index contributed by atoms with van der Waals surface area (Å²) >= 11 is 17.8. The molecule has 3 heterocycles. The number of nitrogens with zero attached hydrogens (tertiary/aromatic N) is 2. The number of allylic oxidation sites excluding steroid dienone is 2. The van der Waals surface area contributed by atoms with Gasteiger partial charge in [0.25, 0.3) is 11.8 Å². The number of carbonyl (C=O) groups is 4. The third kappa shape index (κ3) is 3.53. The first-order chi connectivity index (χ1) is 18.5. The molecule has 12 heteroatoms. The number of alkyl halides is 2. The van der Waals surface area contributed by atoms with E-state index >= 15 is 0 Å². The van der Waals surface area contributed by atoms with Crippen LogP contribution in [0.4, 0.5) is 0 Å². The van der Waals surface area contributed by atoms with E-state index in [-0.39, 0.29) is 36.3 Å². The maximum atomic E-state index is 13.9. The van der Waals surface area contributed by atoms with Gasteiger partial charge >= 0.3 is 0 Å². The summed E-state index contributed by atoms with van der Waals surface area (Å²) in [4.78, 5) is 53.9. The molecule has 39 heavy (non-hydrogen) atoms. The van der Waals surface area contributed by atoms with E-state index in [0.717, 1.165) is 9.78 Å². The number of halogens is 3. The predicted octanol–water partition coefficient (Wildman–Crippen LogP) is 4.26. The van der Waals surface area contributed by atoms with Gasteiger partial charge < -0.3 is 9.84 Å². The quantitative estimate of drug-likeness (QED) is 0.222. The van der Waals surface area contributed by atoms with Crippen LogP contribution in [0, 0.1) is 21.3 Å². The number of benzene rings is 1. The number of hydrogen-bond acceptors (Lipinski definition) is 7. The number of phenolic OH excluding ortho intramolecular Hbond substituents is 1. The van der Waals surface area contributed by atoms with Crippen molar-refractivity contribution in [2.75, 3.05) is 14.2 Å². The molecule has 2 aliphatic heterocycles. The van der Waals surface area contributed by atoms with Gasteiger partial charge in [0.1, 0.15) is 0 Å². The summed E-state index contributed by atoms with van der Waals surface area (Å²) in [5.74, 6) is -4.54. The number of phenols is 1. The molecule has 0 unspecified atom stereocenters. The molecule has 6 atom stereocenters. The Morgan fingerprint density at radius 2 is 1.90 bits per heavy atom. The fourth-order valence-corrected chi connectivity index (χ4v) is 9.15. The Morgan fingerprint density at radius 3 is 2.56 bits per heavy atom. The van der Waals surface area contributed by atoms with Gasteiger partial charge in [0.15, 0.2) is 21.2 Å². The van der Waals surface area contributed by atoms with Gasteiger partial charge in [-0.15, -0.1) is 34.5 Å². The molecule has 0 spiro atoms. The lowest BCUT2D eigenvalue weighted by molar-refractivity contribution is -0.141. The second kappa shape index (κ2) is 9.19. The van der Waals surface area contributed by atoms with Gasteiger partial charge in [0, 0.05) is 17.8 Å². The molecular formula is C27H23Cl2IN2O6S. The summed E-state index contributed by atoms with van der Waals surface area (Å²) in [5, 5.41) is 12.4. The maximum Gasteiger partial charge on any atom is 0.253 e. The van der Waals surface area contributed by atoms with Crippen molar-refractivity contribution in [3.05, 3.63) is 55.3 Å². The molecule has 8 nitrogen and oxygen atoms in total. The van der Waals surface area contributed by atoms with Crippen LogP contribution in [0.5, 0.6) is 11.5 Å². The van der Waals surface area contributed by atoms with Crippen LogP contribution in [0.25, 0.3) is 0 Å². The van der Waals surface area contributed by atoms with Crippen LogP contribution in [0.15, 0.2) is 41.3 Å². The number of carbonyl (C=O) groups excluding carboxylic acids is 4. The van der Waals surface area contributed by atoms with Crippen LogP contribution in [-0.4, -0.2) is 62.4 Å². The first-order valence-electron chi connectivity index (χ1n) is 12.3. The van der Waals surface area contributed by atoms with Crippen LogP contribution in [0.1, 0.15) is 29.2 Å². The largest absolute Gasteiger partial charge is 0.504 e. The van der Waals surface area contributed by atoms with Gasteiger partial charge in [-0.05, 0) is 70.5 Å². The Kier molecular flexibility index (Phi) is 6.37. The molecule has 4 aliphatic rings. The van der Waals surface area contributed by atoms with E-state index in [1.54, 1.807) is 12.1 Å². The van der Waals surface area contributed by atoms with Crippen LogP contribution < -0.4 is 4.74 Å². The van der Waals surface area contributed by atoms with Crippen LogP contribution >= 0.6 is 57.1 Å². The molecule has 2 aliphatic carbocycles. The molecular weight excluding hydrogens is 678 g/mol. The smallest absolute Gasteiger partial charge is 0.253 e. The van der Waals surface area contributed by atoms with Crippen LogP contribution in [-0.2, 0) is 25.7 Å². The first kappa shape index (κ1) is 27.0. The SMILES string of the molecule is COc1cc([C@H]2C3=CC[C@@H]4C(=O)N(Cc5cccs5)C(=O)[C@@H]4[C@@H]3C[C@@]3(Cl)C(=O)N(C)C(=O)[C@@]23Cl)cc(I)c1O. The number of methoxy groups -OCH3 is 1. The highest BCUT2D eigenvalue weighted by molar-refractivity contribution is 14.1. The summed E-state index contributed by atoms with van der Waals surface area (Å²) in [5.41, 5.74) is 1.22. The zero-order valence-corrected chi connectivity index (χ0v) is 25.3. The monoisotopic (exact) mass is 700 g/mol. The number of aromatic hydroxyl groups is 1. The van der Waals surface area contributed by atoms with Crippen LogP contribution in [0.3, 0.4) is 0 Å². The molecule has 3 fully saturated rings. The van der Waals surface area contributed by atoms with Crippen molar-refractivity contribution < 1.29 is 29.0 Å². The minimum atomic E-state index is -1.89. The minimum absolute atomic E-state index is 0.0609. The molecule has 2 aromatic rings. The molecule has 1 saturated carbocycles. The predicted molar refractivity (Wildman–Crippen MR) is 153 cm³/mol. The molecule has 2 saturated heterocycles. The lowest BCUT2D eigenvalue weighted by Gasteiger charge is -2.50. The van der Waals surface area contributed by atoms with Crippen molar-refractivity contribution in [3.8, 4) is 11.5 Å². The molecule has 0 bridgehead atoms. The van der Waals surface area contributed by atoms with Crippen molar-refractivity contribution in [3.63, 3.8) is 0 Å². The van der Waals surface area contributed by atoms with Crippen molar-refractivity contribution in [1.82, 2.24) is 9.80 Å². The number of thiophene rings is 1. The number of ether oxygens (including phenoxy) is 1. The number of imide groups is 2. The third-order valence-corrected chi connectivity index (χ3v) is 11.7. The van der Waals surface area contributed by atoms with E-state index in [4.69, 9.17) is 27.9 Å². The van der Waals surface area contributed by atoms with Crippen molar-refractivity contribution in [2.45, 2.75) is 35.1 Å². The minimum Gasteiger partial charge on any atom is -0.504 e. The van der Waals surface area contributed by atoms with Crippen molar-refractivity contribution >= 4 is 80.8 Å². The van der Waals surface area contributed by atoms with Gasteiger partial charge in [-0.3, -0.25) is 29.0 Å². The lowest BCUT2D eigenvalue weighted by Crippen LogP contribution is -2.60. The average molecular weight is 701 g/mol. The van der Waals surface area contributed by atoms with E-state index in [9.17, 15) is 24.3 Å². The summed E-state index contributed by atoms with van der Waals surface area (Å²) < 4.78 is 5.84. The third-order valence-electron chi connectivity index (χ3n) is 8.60. The second-order valence-corrected chi connectivity index (χ2v) is 13.8. The molecule has 4 amide bonds. The maximum absolute atomic E-state index is 13.9. The number of hydrogen-bond donors (Lipinski definition) is 1. The Labute approximate surface area is 252 Å². The highest BCUT2D eigenvalue weighted by Crippen LogP contribution is 2.65. The van der Waals surface area contributed by atoms with Crippen LogP contribution in [0.2, 0.25) is 0 Å². The fraction of sp³-hybridized carbons (Fsp3) is 0.407. The summed E-state index contributed by atoms with van der Waals surface area (Å²) in [7, 11) is 2.76. The Morgan fingerprint density at radius 1 is 1.15 bits per heavy atom. The standard InChI is InChI=1S/C27H23Cl2IN2O6S/c1-31-24(36)26(28)10-16-14(5-6-15-19(16)23(35)32(22(15)34)11-13-4-3-7-39-13)20(27(26,29)25(31)37)12-8-17(30)21(33)18(9-12)38-2/h3-5,7-9,15-16,19-20,33H,6,10-11H2,1-2H3/t15-,16+,19-,20-,26+,27-/m0/s1. The van der Waals surface area contributed by atoms with E-state index in [2.05, 4.69) is 0 Å². The molecule has 6 rings (SSSR count). The van der Waals surface area contributed by atoms with Gasteiger partial charge in [0.05, 0.1) is 29.1 Å². The van der Waals surface area contributed by atoms with Gasteiger partial charge in [-0.25, -0.2) is 0 Å². The molecule has 1 aromatic heterocycles. The highest BCUT2D eigenvalue weighted by Gasteiger charge is 2.75. The van der Waals surface area contributed by atoms with Gasteiger partial charge in [-0.2, -0.15) is 0 Å². The van der Waals surface area contributed by atoms with E-state index in [0.29, 0.717) is 21.1 Å². The normalized spacial score (nSPS) is 33.7. The Balaban J connectivity index is 1.51. The summed E-state index contributed by atoms with van der Waals surface area (Å²) in [6.07, 6.45) is 2.12. The average Bonchev–Trinajstić information content (AvgIpc) is 3.55. The zero-order valence-electron chi connectivity index (χ0n) is 20.8. The first-order valence-corrected chi connectivity index (χ1v) is 15.0. The lowest BCUT2D eigenvalue weighted by atomic mass is 9.56. The molecule has 204 valence electrons. The summed E-state index contributed by atoms with van der Waals surface area (Å²) in [6.45, 7) is 0.187. The molecule has 1 N–H and O–H groups in total. The van der Waals surface area contributed by atoms with E-state index < -0.39 is 45.2 Å². The van der Waals surface area contributed by atoms with Gasteiger partial charge in [-0.1, -0.05) is 17.7 Å². The number of likely N-dealkylation sites (tertiary alicyclic amines) is 2. The topological polar surface area (TPSA) is 104 Å².